The van der Waals surface area contributed by atoms with E-state index in [-0.39, 0.29) is 11.5 Å². The zero-order chi connectivity index (χ0) is 37.6. The van der Waals surface area contributed by atoms with Crippen LogP contribution >= 0.6 is 0 Å². The van der Waals surface area contributed by atoms with Crippen LogP contribution in [0.1, 0.15) is 0 Å². The lowest BCUT2D eigenvalue weighted by molar-refractivity contribution is 0.444. The Morgan fingerprint density at radius 3 is 0.875 bits per heavy atom. The Morgan fingerprint density at radius 2 is 0.554 bits per heavy atom. The monoisotopic (exact) mass is 720 g/mol. The van der Waals surface area contributed by atoms with Gasteiger partial charge in [0.2, 0.25) is 0 Å². The van der Waals surface area contributed by atoms with Crippen LogP contribution in [0.2, 0.25) is 0 Å². The fourth-order valence-corrected chi connectivity index (χ4v) is 8.52. The van der Waals surface area contributed by atoms with Gasteiger partial charge in [0.1, 0.15) is 11.5 Å². The SMILES string of the molecule is Oc1ccccc1OBc1c2ccccc2c(-c2ccc(-c3c4ccccc4c(BOc4ccccc4O)c4ccccc34)c3ccccc23)c2ccccc12. The Kier molecular flexibility index (Phi) is 8.30. The smallest absolute Gasteiger partial charge is 0.375 e. The predicted molar refractivity (Wildman–Crippen MR) is 236 cm³/mol. The number of phenolic OH excluding ortho intramolecular Hbond substituents is 2. The normalized spacial score (nSPS) is 11.4. The molecule has 4 nitrogen and oxygen atoms in total. The number of fused-ring (bicyclic) bond motifs is 5. The molecule has 0 aliphatic heterocycles. The van der Waals surface area contributed by atoms with Crippen LogP contribution in [-0.2, 0) is 0 Å². The average molecular weight is 720 g/mol. The lowest BCUT2D eigenvalue weighted by Gasteiger charge is -2.21. The number of hydrogen-bond acceptors (Lipinski definition) is 4. The van der Waals surface area contributed by atoms with Gasteiger partial charge in [-0.1, -0.05) is 158 Å². The first-order valence-corrected chi connectivity index (χ1v) is 18.8. The van der Waals surface area contributed by atoms with E-state index in [0.717, 1.165) is 65.1 Å². The van der Waals surface area contributed by atoms with Crippen LogP contribution in [0.4, 0.5) is 0 Å². The highest BCUT2D eigenvalue weighted by atomic mass is 16.4. The van der Waals surface area contributed by atoms with Gasteiger partial charge in [-0.2, -0.15) is 0 Å². The number of hydrogen-bond donors (Lipinski definition) is 2. The summed E-state index contributed by atoms with van der Waals surface area (Å²) in [6.07, 6.45) is 0. The molecule has 0 unspecified atom stereocenters. The maximum Gasteiger partial charge on any atom is 0.375 e. The van der Waals surface area contributed by atoms with E-state index in [1.807, 2.05) is 12.1 Å². The Morgan fingerprint density at radius 1 is 0.286 bits per heavy atom. The van der Waals surface area contributed by atoms with Crippen molar-refractivity contribution in [1.82, 2.24) is 0 Å². The molecule has 10 aromatic rings. The second kappa shape index (κ2) is 13.9. The lowest BCUT2D eigenvalue weighted by Crippen LogP contribution is -2.23. The molecule has 0 heterocycles. The molecule has 0 radical (unpaired) electrons. The molecule has 10 aromatic carbocycles. The number of aromatic hydroxyl groups is 2. The molecule has 6 heteroatoms. The molecule has 0 atom stereocenters. The van der Waals surface area contributed by atoms with Crippen molar-refractivity contribution in [3.8, 4) is 45.3 Å². The Hall–Kier alpha value is -7.17. The van der Waals surface area contributed by atoms with Gasteiger partial charge >= 0.3 is 15.0 Å². The number of benzene rings is 10. The minimum atomic E-state index is 0.125. The van der Waals surface area contributed by atoms with Gasteiger partial charge in [0.25, 0.3) is 0 Å². The topological polar surface area (TPSA) is 58.9 Å². The first-order valence-electron chi connectivity index (χ1n) is 18.8. The Labute approximate surface area is 325 Å². The largest absolute Gasteiger partial charge is 0.557 e. The summed E-state index contributed by atoms with van der Waals surface area (Å²) in [5.41, 5.74) is 6.83. The summed E-state index contributed by atoms with van der Waals surface area (Å²) in [6.45, 7) is 0. The van der Waals surface area contributed by atoms with Gasteiger partial charge in [-0.25, -0.2) is 0 Å². The van der Waals surface area contributed by atoms with Crippen LogP contribution in [0.25, 0.3) is 76.1 Å². The van der Waals surface area contributed by atoms with Gasteiger partial charge < -0.3 is 19.5 Å². The molecule has 2 N–H and O–H groups in total. The highest BCUT2D eigenvalue weighted by molar-refractivity contribution is 6.58. The van der Waals surface area contributed by atoms with Gasteiger partial charge in [0.05, 0.1) is 0 Å². The van der Waals surface area contributed by atoms with Gasteiger partial charge in [-0.05, 0) is 111 Å². The van der Waals surface area contributed by atoms with Crippen LogP contribution in [0.5, 0.6) is 23.0 Å². The molecule has 264 valence electrons. The molecule has 0 saturated carbocycles. The Bertz CT molecular complexity index is 2810. The third kappa shape index (κ3) is 5.57. The second-order valence-electron chi connectivity index (χ2n) is 14.1. The maximum absolute atomic E-state index is 10.5. The van der Waals surface area contributed by atoms with E-state index in [1.54, 1.807) is 36.4 Å². The summed E-state index contributed by atoms with van der Waals surface area (Å²) < 4.78 is 12.5. The first-order chi connectivity index (χ1) is 27.7. The quantitative estimate of drug-likeness (QED) is 0.121. The molecule has 0 bridgehead atoms. The van der Waals surface area contributed by atoms with Crippen molar-refractivity contribution in [2.45, 2.75) is 0 Å². The van der Waals surface area contributed by atoms with E-state index in [4.69, 9.17) is 9.31 Å². The fourth-order valence-electron chi connectivity index (χ4n) is 8.52. The summed E-state index contributed by atoms with van der Waals surface area (Å²) in [5.74, 6) is 1.17. The molecule has 0 spiro atoms. The molecule has 0 saturated heterocycles. The van der Waals surface area contributed by atoms with Crippen LogP contribution in [0, 0.1) is 0 Å². The van der Waals surface area contributed by atoms with E-state index >= 15 is 0 Å². The van der Waals surface area contributed by atoms with Gasteiger partial charge in [0, 0.05) is 0 Å². The summed E-state index contributed by atoms with van der Waals surface area (Å²) in [6, 6.07) is 61.8. The third-order valence-electron chi connectivity index (χ3n) is 11.0. The number of para-hydroxylation sites is 4. The van der Waals surface area contributed by atoms with Crippen molar-refractivity contribution in [3.63, 3.8) is 0 Å². The van der Waals surface area contributed by atoms with Gasteiger partial charge in [0.15, 0.2) is 11.5 Å². The standard InChI is InChI=1S/C50H34B2O4/c53-43-25-11-13-27-45(43)55-51-49-39-21-7-3-17-33(39)47(34-18-4-8-22-40(34)49)37-29-30-38(32-16-2-1-15-31(32)37)48-35-19-5-9-23-41(35)50(42-24-10-6-20-36(42)48)52-56-46-28-14-12-26-44(46)54/h1-30,51-54H. The molecule has 10 rings (SSSR count). The van der Waals surface area contributed by atoms with Gasteiger partial charge in [-0.3, -0.25) is 0 Å². The van der Waals surface area contributed by atoms with Crippen LogP contribution in [0.3, 0.4) is 0 Å². The Balaban J connectivity index is 1.18. The highest BCUT2D eigenvalue weighted by Gasteiger charge is 2.22. The molecule has 0 fully saturated rings. The summed E-state index contributed by atoms with van der Waals surface area (Å²) in [4.78, 5) is 0. The van der Waals surface area contributed by atoms with E-state index in [0.29, 0.717) is 26.5 Å². The zero-order valence-corrected chi connectivity index (χ0v) is 30.4. The number of rotatable bonds is 8. The van der Waals surface area contributed by atoms with E-state index in [9.17, 15) is 10.2 Å². The molecule has 0 amide bonds. The fraction of sp³-hybridized carbons (Fsp3) is 0. The van der Waals surface area contributed by atoms with Crippen molar-refractivity contribution in [3.05, 3.63) is 182 Å². The molecular formula is C50H34B2O4. The van der Waals surface area contributed by atoms with E-state index in [1.165, 1.54) is 21.9 Å². The lowest BCUT2D eigenvalue weighted by atomic mass is 9.75. The van der Waals surface area contributed by atoms with Crippen molar-refractivity contribution in [1.29, 1.82) is 0 Å². The summed E-state index contributed by atoms with van der Waals surface area (Å²) in [5, 5.41) is 32.3. The first kappa shape index (κ1) is 33.4. The zero-order valence-electron chi connectivity index (χ0n) is 30.4. The van der Waals surface area contributed by atoms with Crippen LogP contribution < -0.4 is 20.2 Å². The highest BCUT2D eigenvalue weighted by Crippen LogP contribution is 2.44. The van der Waals surface area contributed by atoms with Crippen molar-refractivity contribution < 1.29 is 19.5 Å². The molecular weight excluding hydrogens is 686 g/mol. The summed E-state index contributed by atoms with van der Waals surface area (Å²) in [7, 11) is 0.624. The van der Waals surface area contributed by atoms with Crippen molar-refractivity contribution >= 4 is 79.8 Å². The number of phenols is 2. The molecule has 56 heavy (non-hydrogen) atoms. The van der Waals surface area contributed by atoms with Crippen LogP contribution in [0.15, 0.2) is 182 Å². The van der Waals surface area contributed by atoms with E-state index in [2.05, 4.69) is 133 Å². The molecule has 0 aromatic heterocycles. The molecule has 0 aliphatic carbocycles. The predicted octanol–water partition coefficient (Wildman–Crippen LogP) is 10.3. The third-order valence-corrected chi connectivity index (χ3v) is 11.0. The van der Waals surface area contributed by atoms with Crippen molar-refractivity contribution in [2.75, 3.05) is 0 Å². The van der Waals surface area contributed by atoms with Gasteiger partial charge in [-0.15, -0.1) is 0 Å². The maximum atomic E-state index is 10.5. The second-order valence-corrected chi connectivity index (χ2v) is 14.1. The average Bonchev–Trinajstić information content (AvgIpc) is 3.25. The summed E-state index contributed by atoms with van der Waals surface area (Å²) >= 11 is 0. The van der Waals surface area contributed by atoms with Crippen molar-refractivity contribution in [2.24, 2.45) is 0 Å². The van der Waals surface area contributed by atoms with Crippen LogP contribution in [-0.4, -0.2) is 25.2 Å². The minimum Gasteiger partial charge on any atom is -0.557 e. The molecule has 0 aliphatic rings. The van der Waals surface area contributed by atoms with E-state index < -0.39 is 0 Å². The minimum absolute atomic E-state index is 0.125.